The summed E-state index contributed by atoms with van der Waals surface area (Å²) in [6, 6.07) is 17.6. The summed E-state index contributed by atoms with van der Waals surface area (Å²) in [5.41, 5.74) is 1.56. The van der Waals surface area contributed by atoms with Gasteiger partial charge in [-0.2, -0.15) is 10.1 Å². The third kappa shape index (κ3) is 5.05. The molecule has 3 rings (SSSR count). The van der Waals surface area contributed by atoms with Gasteiger partial charge in [0.15, 0.2) is 0 Å². The number of esters is 1. The average Bonchev–Trinajstić information content (AvgIpc) is 3.20. The summed E-state index contributed by atoms with van der Waals surface area (Å²) in [7, 11) is 0. The van der Waals surface area contributed by atoms with E-state index in [1.54, 1.807) is 62.4 Å². The summed E-state index contributed by atoms with van der Waals surface area (Å²) in [5.74, 6) is -0.515. The van der Waals surface area contributed by atoms with E-state index in [2.05, 4.69) is 15.4 Å². The minimum Gasteiger partial charge on any atom is -0.459 e. The first-order valence-corrected chi connectivity index (χ1v) is 9.29. The zero-order valence-electron chi connectivity index (χ0n) is 16.6. The van der Waals surface area contributed by atoms with Gasteiger partial charge >= 0.3 is 5.97 Å². The molecule has 30 heavy (non-hydrogen) atoms. The molecule has 0 aliphatic carbocycles. The van der Waals surface area contributed by atoms with E-state index in [4.69, 9.17) is 10.00 Å². The molecule has 0 unspecified atom stereocenters. The fraction of sp³-hybridized carbons (Fsp3) is 0.238. The van der Waals surface area contributed by atoms with Crippen molar-refractivity contribution in [2.45, 2.75) is 26.5 Å². The molecule has 0 saturated heterocycles. The van der Waals surface area contributed by atoms with Crippen LogP contribution in [0.15, 0.2) is 54.6 Å². The first-order valence-electron chi connectivity index (χ1n) is 9.29. The first-order chi connectivity index (χ1) is 14.5. The second kappa shape index (κ2) is 9.43. The Balaban J connectivity index is 1.76. The molecule has 0 aliphatic heterocycles. The van der Waals surface area contributed by atoms with Crippen molar-refractivity contribution in [3.05, 3.63) is 60.2 Å². The van der Waals surface area contributed by atoms with Crippen LogP contribution in [-0.4, -0.2) is 44.7 Å². The van der Waals surface area contributed by atoms with Crippen molar-refractivity contribution in [2.24, 2.45) is 0 Å². The average molecular weight is 404 g/mol. The highest BCUT2D eigenvalue weighted by Crippen LogP contribution is 2.17. The van der Waals surface area contributed by atoms with Crippen LogP contribution in [0.5, 0.6) is 0 Å². The van der Waals surface area contributed by atoms with Crippen LogP contribution in [0.2, 0.25) is 0 Å². The Bertz CT molecular complexity index is 1070. The third-order valence-electron chi connectivity index (χ3n) is 4.03. The van der Waals surface area contributed by atoms with Crippen LogP contribution in [0, 0.1) is 11.3 Å². The maximum atomic E-state index is 12.7. The van der Waals surface area contributed by atoms with E-state index >= 15 is 0 Å². The van der Waals surface area contributed by atoms with E-state index in [9.17, 15) is 9.59 Å². The number of ether oxygens (including phenoxy) is 1. The lowest BCUT2D eigenvalue weighted by atomic mass is 10.1. The minimum absolute atomic E-state index is 0.0928. The summed E-state index contributed by atoms with van der Waals surface area (Å²) in [6.45, 7) is 3.27. The molecular formula is C21H20N6O3. The molecular weight excluding hydrogens is 384 g/mol. The van der Waals surface area contributed by atoms with Crippen molar-refractivity contribution in [1.82, 2.24) is 20.2 Å². The van der Waals surface area contributed by atoms with Gasteiger partial charge in [-0.25, -0.2) is 4.79 Å². The Kier molecular flexibility index (Phi) is 6.49. The van der Waals surface area contributed by atoms with Crippen LogP contribution >= 0.6 is 0 Å². The Morgan fingerprint density at radius 3 is 2.63 bits per heavy atom. The topological polar surface area (TPSA) is 114 Å². The highest BCUT2D eigenvalue weighted by atomic mass is 16.5. The van der Waals surface area contributed by atoms with Crippen LogP contribution in [0.4, 0.5) is 5.69 Å². The number of carbonyl (C=O) groups excluding carboxylic acids is 2. The van der Waals surface area contributed by atoms with Gasteiger partial charge in [-0.05, 0) is 43.3 Å². The molecule has 0 atom stereocenters. The number of nitriles is 1. The monoisotopic (exact) mass is 404 g/mol. The number of anilines is 1. The van der Waals surface area contributed by atoms with Gasteiger partial charge in [0.2, 0.25) is 5.82 Å². The quantitative estimate of drug-likeness (QED) is 0.439. The molecule has 1 aromatic heterocycles. The van der Waals surface area contributed by atoms with Gasteiger partial charge in [0.25, 0.3) is 5.91 Å². The van der Waals surface area contributed by atoms with Crippen LogP contribution < -0.4 is 4.90 Å². The summed E-state index contributed by atoms with van der Waals surface area (Å²) in [6.07, 6.45) is -0.230. The maximum Gasteiger partial charge on any atom is 0.338 e. The van der Waals surface area contributed by atoms with Crippen LogP contribution in [0.25, 0.3) is 11.4 Å². The van der Waals surface area contributed by atoms with Crippen molar-refractivity contribution < 1.29 is 14.3 Å². The van der Waals surface area contributed by atoms with E-state index < -0.39 is 5.97 Å². The van der Waals surface area contributed by atoms with Gasteiger partial charge in [0.05, 0.1) is 17.7 Å². The number of para-hydroxylation sites is 1. The molecule has 0 N–H and O–H groups in total. The van der Waals surface area contributed by atoms with Crippen molar-refractivity contribution in [3.63, 3.8) is 0 Å². The van der Waals surface area contributed by atoms with E-state index in [0.717, 1.165) is 4.80 Å². The molecule has 152 valence electrons. The summed E-state index contributed by atoms with van der Waals surface area (Å²) in [4.78, 5) is 27.3. The fourth-order valence-electron chi connectivity index (χ4n) is 2.70. The summed E-state index contributed by atoms with van der Waals surface area (Å²) in [5, 5.41) is 21.2. The maximum absolute atomic E-state index is 12.7. The molecule has 1 heterocycles. The fourth-order valence-corrected chi connectivity index (χ4v) is 2.70. The lowest BCUT2D eigenvalue weighted by Gasteiger charge is -2.19. The molecule has 0 radical (unpaired) electrons. The smallest absolute Gasteiger partial charge is 0.338 e. The van der Waals surface area contributed by atoms with Gasteiger partial charge < -0.3 is 4.74 Å². The van der Waals surface area contributed by atoms with Crippen LogP contribution in [-0.2, 0) is 16.1 Å². The van der Waals surface area contributed by atoms with Crippen LogP contribution in [0.3, 0.4) is 0 Å². The van der Waals surface area contributed by atoms with Crippen molar-refractivity contribution in [1.29, 1.82) is 5.26 Å². The largest absolute Gasteiger partial charge is 0.459 e. The summed E-state index contributed by atoms with van der Waals surface area (Å²) < 4.78 is 5.20. The van der Waals surface area contributed by atoms with Gasteiger partial charge in [-0.3, -0.25) is 9.69 Å². The number of benzene rings is 2. The number of carbonyl (C=O) groups is 2. The lowest BCUT2D eigenvalue weighted by molar-refractivity contribution is -0.119. The zero-order chi connectivity index (χ0) is 21.5. The number of hydrogen-bond acceptors (Lipinski definition) is 7. The molecule has 9 nitrogen and oxygen atoms in total. The molecule has 3 aromatic rings. The Morgan fingerprint density at radius 2 is 1.93 bits per heavy atom. The highest BCUT2D eigenvalue weighted by Gasteiger charge is 2.18. The number of tetrazole rings is 1. The second-order valence-electron chi connectivity index (χ2n) is 6.65. The summed E-state index contributed by atoms with van der Waals surface area (Å²) >= 11 is 0. The molecule has 0 spiro atoms. The van der Waals surface area contributed by atoms with Gasteiger partial charge in [0, 0.05) is 11.3 Å². The number of amides is 1. The molecule has 0 fully saturated rings. The van der Waals surface area contributed by atoms with Crippen LogP contribution in [0.1, 0.15) is 24.2 Å². The minimum atomic E-state index is -0.440. The standard InChI is InChI=1S/C21H20N6O3/c1-15(2)30-21(29)17-8-6-7-16(13-17)20-23-25-27(24-20)14-19(28)26(12-11-22)18-9-4-3-5-10-18/h3-10,13,15H,12,14H2,1-2H3. The van der Waals surface area contributed by atoms with Crippen molar-refractivity contribution >= 4 is 17.6 Å². The number of aromatic nitrogens is 4. The molecule has 1 amide bonds. The SMILES string of the molecule is CC(C)OC(=O)c1cccc(-c2nnn(CC(=O)N(CC#N)c3ccccc3)n2)c1. The molecule has 2 aromatic carbocycles. The Morgan fingerprint density at radius 1 is 1.17 bits per heavy atom. The van der Waals surface area contributed by atoms with Gasteiger partial charge in [-0.1, -0.05) is 30.3 Å². The van der Waals surface area contributed by atoms with Gasteiger partial charge in [-0.15, -0.1) is 10.2 Å². The van der Waals surface area contributed by atoms with Gasteiger partial charge in [0.1, 0.15) is 13.1 Å². The molecule has 0 aliphatic rings. The van der Waals surface area contributed by atoms with E-state index in [-0.39, 0.29) is 30.9 Å². The van der Waals surface area contributed by atoms with E-state index in [0.29, 0.717) is 16.8 Å². The Hall–Kier alpha value is -4.06. The highest BCUT2D eigenvalue weighted by molar-refractivity contribution is 5.93. The molecule has 0 saturated carbocycles. The normalized spacial score (nSPS) is 10.5. The molecule has 9 heteroatoms. The first kappa shape index (κ1) is 20.7. The number of hydrogen-bond donors (Lipinski definition) is 0. The third-order valence-corrected chi connectivity index (χ3v) is 4.03. The van der Waals surface area contributed by atoms with E-state index in [1.807, 2.05) is 12.1 Å². The van der Waals surface area contributed by atoms with E-state index in [1.165, 1.54) is 4.90 Å². The number of nitrogens with zero attached hydrogens (tertiary/aromatic N) is 6. The van der Waals surface area contributed by atoms with Crippen molar-refractivity contribution in [3.8, 4) is 17.5 Å². The zero-order valence-corrected chi connectivity index (χ0v) is 16.6. The van der Waals surface area contributed by atoms with Crippen molar-refractivity contribution in [2.75, 3.05) is 11.4 Å². The second-order valence-corrected chi connectivity index (χ2v) is 6.65. The predicted molar refractivity (Wildman–Crippen MR) is 108 cm³/mol. The molecule has 0 bridgehead atoms. The number of rotatable bonds is 7. The Labute approximate surface area is 173 Å². The lowest BCUT2D eigenvalue weighted by Crippen LogP contribution is -2.34. The predicted octanol–water partition coefficient (Wildman–Crippen LogP) is 2.46.